The number of rotatable bonds is 26. The van der Waals surface area contributed by atoms with Gasteiger partial charge >= 0.3 is 7.75 Å². The molecule has 2 aromatic heterocycles. The second-order valence-corrected chi connectivity index (χ2v) is 15.4. The van der Waals surface area contributed by atoms with E-state index < -0.39 is 31.7 Å². The van der Waals surface area contributed by atoms with Crippen molar-refractivity contribution in [2.75, 3.05) is 32.1 Å². The SMILES string of the molecule is CCCCCCCCCCCCCCCCOCCCNP(=O)(OC[C@@]1(C)O[C@@H](c2ccc3c(N)ncnn23)[C@H](O)[C@@H]1O)Oc1ccccc1. The van der Waals surface area contributed by atoms with E-state index in [0.717, 1.165) is 6.42 Å². The molecular formula is C37H60N5O7P. The normalized spacial score (nSPS) is 21.9. The molecular weight excluding hydrogens is 657 g/mol. The minimum absolute atomic E-state index is 0.274. The van der Waals surface area contributed by atoms with Crippen LogP contribution in [0.1, 0.15) is 122 Å². The van der Waals surface area contributed by atoms with Crippen LogP contribution in [0.15, 0.2) is 48.8 Å². The van der Waals surface area contributed by atoms with Gasteiger partial charge in [-0.15, -0.1) is 0 Å². The van der Waals surface area contributed by atoms with Gasteiger partial charge in [0, 0.05) is 19.8 Å². The highest BCUT2D eigenvalue weighted by Gasteiger charge is 2.53. The Morgan fingerprint density at radius 1 is 0.900 bits per heavy atom. The highest BCUT2D eigenvalue weighted by atomic mass is 31.2. The predicted octanol–water partition coefficient (Wildman–Crippen LogP) is 7.54. The summed E-state index contributed by atoms with van der Waals surface area (Å²) < 4.78 is 39.2. The van der Waals surface area contributed by atoms with Gasteiger partial charge in [-0.25, -0.2) is 19.2 Å². The van der Waals surface area contributed by atoms with Crippen LogP contribution in [0.2, 0.25) is 0 Å². The maximum atomic E-state index is 13.9. The number of unbranched alkanes of at least 4 members (excludes halogenated alkanes) is 13. The lowest BCUT2D eigenvalue weighted by molar-refractivity contribution is -0.0963. The Labute approximate surface area is 298 Å². The quantitative estimate of drug-likeness (QED) is 0.0479. The molecule has 1 aliphatic rings. The molecule has 0 bridgehead atoms. The Morgan fingerprint density at radius 3 is 2.18 bits per heavy atom. The molecule has 0 spiro atoms. The van der Waals surface area contributed by atoms with E-state index in [4.69, 9.17) is 24.3 Å². The van der Waals surface area contributed by atoms with Gasteiger partial charge in [0.25, 0.3) is 0 Å². The van der Waals surface area contributed by atoms with Gasteiger partial charge in [0.15, 0.2) is 5.82 Å². The number of aromatic nitrogens is 3. The Balaban J connectivity index is 1.15. The van der Waals surface area contributed by atoms with Gasteiger partial charge in [0.2, 0.25) is 0 Å². The monoisotopic (exact) mass is 717 g/mol. The molecule has 0 radical (unpaired) electrons. The molecule has 50 heavy (non-hydrogen) atoms. The Hall–Kier alpha value is -2.57. The van der Waals surface area contributed by atoms with Crippen molar-refractivity contribution in [3.8, 4) is 5.75 Å². The zero-order chi connectivity index (χ0) is 35.7. The number of hydrogen-bond acceptors (Lipinski definition) is 10. The van der Waals surface area contributed by atoms with E-state index in [1.807, 2.05) is 6.07 Å². The molecule has 0 amide bonds. The van der Waals surface area contributed by atoms with Crippen LogP contribution in [-0.2, 0) is 18.6 Å². The van der Waals surface area contributed by atoms with E-state index in [9.17, 15) is 14.8 Å². The highest BCUT2D eigenvalue weighted by molar-refractivity contribution is 7.52. The molecule has 5 atom stereocenters. The molecule has 13 heteroatoms. The van der Waals surface area contributed by atoms with Gasteiger partial charge in [-0.2, -0.15) is 5.10 Å². The molecule has 1 unspecified atom stereocenters. The van der Waals surface area contributed by atoms with Crippen molar-refractivity contribution >= 4 is 19.1 Å². The zero-order valence-corrected chi connectivity index (χ0v) is 31.0. The molecule has 5 N–H and O–H groups in total. The van der Waals surface area contributed by atoms with Crippen molar-refractivity contribution in [2.45, 2.75) is 134 Å². The molecule has 3 aromatic rings. The largest absolute Gasteiger partial charge is 0.458 e. The van der Waals surface area contributed by atoms with Crippen molar-refractivity contribution in [1.29, 1.82) is 0 Å². The van der Waals surface area contributed by atoms with Crippen LogP contribution in [0.25, 0.3) is 5.52 Å². The maximum absolute atomic E-state index is 13.9. The second-order valence-electron chi connectivity index (χ2n) is 13.6. The molecule has 1 saturated heterocycles. The lowest BCUT2D eigenvalue weighted by atomic mass is 9.97. The predicted molar refractivity (Wildman–Crippen MR) is 196 cm³/mol. The minimum Gasteiger partial charge on any atom is -0.413 e. The first-order chi connectivity index (χ1) is 24.3. The summed E-state index contributed by atoms with van der Waals surface area (Å²) in [6.07, 6.45) is 16.8. The first-order valence-corrected chi connectivity index (χ1v) is 20.2. The van der Waals surface area contributed by atoms with E-state index in [-0.39, 0.29) is 12.4 Å². The summed E-state index contributed by atoms with van der Waals surface area (Å²) in [6.45, 7) is 5.09. The molecule has 12 nitrogen and oxygen atoms in total. The van der Waals surface area contributed by atoms with Crippen LogP contribution in [0.4, 0.5) is 5.82 Å². The van der Waals surface area contributed by atoms with E-state index in [0.29, 0.717) is 43.1 Å². The molecule has 1 aliphatic heterocycles. The maximum Gasteiger partial charge on any atom is 0.458 e. The molecule has 0 aliphatic carbocycles. The van der Waals surface area contributed by atoms with Crippen LogP contribution >= 0.6 is 7.75 Å². The zero-order valence-electron chi connectivity index (χ0n) is 30.1. The standard InChI is InChI=1S/C37H60N5O7P/c1-3-4-5-6-7-8-9-10-11-12-13-14-15-19-26-46-27-20-25-41-50(45,49-30-21-17-16-18-22-30)47-28-37(2)35(44)33(43)34(48-37)31-23-24-32-36(38)39-29-40-42(31)32/h16-18,21-24,29,33-35,43-44H,3-15,19-20,25-28H2,1-2H3,(H,41,45)(H2,38,39,40)/t33-,34-,35-,37+,50?/m0/s1. The van der Waals surface area contributed by atoms with Crippen molar-refractivity contribution in [1.82, 2.24) is 19.7 Å². The molecule has 0 saturated carbocycles. The van der Waals surface area contributed by atoms with Crippen LogP contribution < -0.4 is 15.3 Å². The summed E-state index contributed by atoms with van der Waals surface area (Å²) >= 11 is 0. The van der Waals surface area contributed by atoms with Crippen LogP contribution in [0.3, 0.4) is 0 Å². The number of para-hydroxylation sites is 1. The number of anilines is 1. The number of nitrogens with zero attached hydrogens (tertiary/aromatic N) is 3. The number of aliphatic hydroxyl groups excluding tert-OH is 2. The van der Waals surface area contributed by atoms with Crippen LogP contribution in [0, 0.1) is 0 Å². The number of nitrogens with two attached hydrogens (primary N) is 1. The number of aliphatic hydroxyl groups is 2. The van der Waals surface area contributed by atoms with Gasteiger partial charge in [-0.05, 0) is 44.0 Å². The number of nitrogen functional groups attached to an aromatic ring is 1. The number of fused-ring (bicyclic) bond motifs is 1. The average Bonchev–Trinajstić information content (AvgIpc) is 3.64. The number of ether oxygens (including phenoxy) is 2. The lowest BCUT2D eigenvalue weighted by Gasteiger charge is -2.29. The fraction of sp³-hybridized carbons (Fsp3) is 0.676. The van der Waals surface area contributed by atoms with E-state index in [1.54, 1.807) is 43.3 Å². The van der Waals surface area contributed by atoms with Gasteiger partial charge in [-0.1, -0.05) is 109 Å². The average molecular weight is 718 g/mol. The number of benzene rings is 1. The van der Waals surface area contributed by atoms with Crippen LogP contribution in [0.5, 0.6) is 5.75 Å². The van der Waals surface area contributed by atoms with Crippen molar-refractivity contribution in [3.63, 3.8) is 0 Å². The number of hydrogen-bond donors (Lipinski definition) is 4. The highest BCUT2D eigenvalue weighted by Crippen LogP contribution is 2.48. The minimum atomic E-state index is -3.92. The Morgan fingerprint density at radius 2 is 1.52 bits per heavy atom. The van der Waals surface area contributed by atoms with Crippen molar-refractivity contribution in [2.24, 2.45) is 0 Å². The van der Waals surface area contributed by atoms with Gasteiger partial charge in [0.1, 0.15) is 41.5 Å². The van der Waals surface area contributed by atoms with Gasteiger partial charge < -0.3 is 29.9 Å². The summed E-state index contributed by atoms with van der Waals surface area (Å²) in [7, 11) is -3.92. The summed E-state index contributed by atoms with van der Waals surface area (Å²) in [5, 5.41) is 29.2. The number of nitrogens with one attached hydrogen (secondary N) is 1. The first kappa shape index (κ1) is 40.2. The fourth-order valence-corrected chi connectivity index (χ4v) is 7.79. The summed E-state index contributed by atoms with van der Waals surface area (Å²) in [4.78, 5) is 3.99. The fourth-order valence-electron chi connectivity index (χ4n) is 6.33. The molecule has 4 rings (SSSR count). The third kappa shape index (κ3) is 12.3. The molecule has 1 fully saturated rings. The third-order valence-electron chi connectivity index (χ3n) is 9.36. The topological polar surface area (TPSA) is 163 Å². The Bertz CT molecular complexity index is 1430. The molecule has 1 aromatic carbocycles. The van der Waals surface area contributed by atoms with Crippen molar-refractivity contribution in [3.05, 3.63) is 54.5 Å². The van der Waals surface area contributed by atoms with E-state index in [1.165, 1.54) is 94.3 Å². The summed E-state index contributed by atoms with van der Waals surface area (Å²) in [6, 6.07) is 12.2. The van der Waals surface area contributed by atoms with Crippen LogP contribution in [-0.4, -0.2) is 69.0 Å². The van der Waals surface area contributed by atoms with Gasteiger partial charge in [0.05, 0.1) is 12.3 Å². The van der Waals surface area contributed by atoms with Gasteiger partial charge in [-0.3, -0.25) is 4.52 Å². The van der Waals surface area contributed by atoms with Crippen molar-refractivity contribution < 1.29 is 33.3 Å². The lowest BCUT2D eigenvalue weighted by Crippen LogP contribution is -2.44. The smallest absolute Gasteiger partial charge is 0.413 e. The second kappa shape index (κ2) is 21.1. The summed E-state index contributed by atoms with van der Waals surface area (Å²) in [5.41, 5.74) is 5.58. The molecule has 280 valence electrons. The van der Waals surface area contributed by atoms with E-state index in [2.05, 4.69) is 22.1 Å². The molecule has 3 heterocycles. The summed E-state index contributed by atoms with van der Waals surface area (Å²) in [5.74, 6) is 0.640. The Kier molecular flexibility index (Phi) is 16.9. The first-order valence-electron chi connectivity index (χ1n) is 18.7. The third-order valence-corrected chi connectivity index (χ3v) is 10.9. The van der Waals surface area contributed by atoms with E-state index >= 15 is 0 Å².